The molecule has 1 unspecified atom stereocenters. The van der Waals surface area contributed by atoms with Crippen LogP contribution in [0.25, 0.3) is 27.6 Å². The molecule has 7 nitrogen and oxygen atoms in total. The summed E-state index contributed by atoms with van der Waals surface area (Å²) in [6.07, 6.45) is 3.17. The molecule has 0 spiro atoms. The van der Waals surface area contributed by atoms with Gasteiger partial charge in [0.2, 0.25) is 0 Å². The van der Waals surface area contributed by atoms with E-state index in [1.54, 1.807) is 36.7 Å². The van der Waals surface area contributed by atoms with Gasteiger partial charge in [0.25, 0.3) is 11.5 Å². The third kappa shape index (κ3) is 3.92. The van der Waals surface area contributed by atoms with Gasteiger partial charge in [-0.25, -0.2) is 9.97 Å². The molecule has 0 bridgehead atoms. The van der Waals surface area contributed by atoms with Crippen molar-refractivity contribution in [2.45, 2.75) is 6.04 Å². The summed E-state index contributed by atoms with van der Waals surface area (Å²) in [5, 5.41) is 3.71. The largest absolute Gasteiger partial charge is 0.345 e. The van der Waals surface area contributed by atoms with Gasteiger partial charge in [-0.1, -0.05) is 48.5 Å². The molecule has 174 valence electrons. The van der Waals surface area contributed by atoms with Gasteiger partial charge in [-0.15, -0.1) is 0 Å². The molecule has 0 saturated carbocycles. The summed E-state index contributed by atoms with van der Waals surface area (Å²) < 4.78 is 1.48. The lowest BCUT2D eigenvalue weighted by atomic mass is 9.97. The Labute approximate surface area is 206 Å². The Morgan fingerprint density at radius 2 is 1.58 bits per heavy atom. The molecular formula is C29H21N5O2. The van der Waals surface area contributed by atoms with Gasteiger partial charge in [-0.05, 0) is 59.7 Å². The predicted molar refractivity (Wildman–Crippen MR) is 139 cm³/mol. The van der Waals surface area contributed by atoms with Gasteiger partial charge in [0.05, 0.1) is 40.0 Å². The Morgan fingerprint density at radius 1 is 0.806 bits per heavy atom. The van der Waals surface area contributed by atoms with E-state index >= 15 is 0 Å². The van der Waals surface area contributed by atoms with Crippen LogP contribution in [-0.4, -0.2) is 25.4 Å². The van der Waals surface area contributed by atoms with Gasteiger partial charge in [-0.2, -0.15) is 0 Å². The number of hydrogen-bond donors (Lipinski definition) is 2. The van der Waals surface area contributed by atoms with Gasteiger partial charge < -0.3 is 10.3 Å². The second-order valence-corrected chi connectivity index (χ2v) is 8.48. The zero-order chi connectivity index (χ0) is 24.5. The summed E-state index contributed by atoms with van der Waals surface area (Å²) in [4.78, 5) is 38.0. The number of para-hydroxylation sites is 1. The van der Waals surface area contributed by atoms with E-state index in [0.717, 1.165) is 22.2 Å². The molecule has 6 rings (SSSR count). The highest BCUT2D eigenvalue weighted by atomic mass is 16.1. The van der Waals surface area contributed by atoms with Gasteiger partial charge in [-0.3, -0.25) is 14.2 Å². The molecule has 2 N–H and O–H groups in total. The molecule has 4 aromatic carbocycles. The average Bonchev–Trinajstić information content (AvgIpc) is 3.41. The molecule has 6 aromatic rings. The second-order valence-electron chi connectivity index (χ2n) is 8.48. The van der Waals surface area contributed by atoms with Crippen molar-refractivity contribution >= 4 is 27.8 Å². The number of rotatable bonds is 5. The molecule has 0 fully saturated rings. The third-order valence-electron chi connectivity index (χ3n) is 6.26. The highest BCUT2D eigenvalue weighted by Gasteiger charge is 2.19. The molecular weight excluding hydrogens is 450 g/mol. The van der Waals surface area contributed by atoms with Crippen molar-refractivity contribution in [3.05, 3.63) is 137 Å². The summed E-state index contributed by atoms with van der Waals surface area (Å²) in [6.45, 7) is 0. The SMILES string of the molecule is O=C(NC(c1ccccc1)c1ccc2nc[nH]c2c1)c1ccc(-n2cnc3ccccc3c2=O)cc1. The molecule has 2 heterocycles. The van der Waals surface area contributed by atoms with E-state index in [0.29, 0.717) is 22.2 Å². The molecule has 1 atom stereocenters. The normalized spacial score (nSPS) is 12.0. The van der Waals surface area contributed by atoms with Crippen molar-refractivity contribution in [3.63, 3.8) is 0 Å². The first-order valence-electron chi connectivity index (χ1n) is 11.5. The smallest absolute Gasteiger partial charge is 0.265 e. The third-order valence-corrected chi connectivity index (χ3v) is 6.26. The van der Waals surface area contributed by atoms with Crippen molar-refractivity contribution in [3.8, 4) is 5.69 Å². The number of fused-ring (bicyclic) bond motifs is 2. The quantitative estimate of drug-likeness (QED) is 0.378. The van der Waals surface area contributed by atoms with Crippen LogP contribution in [0.15, 0.2) is 115 Å². The Bertz CT molecular complexity index is 1750. The lowest BCUT2D eigenvalue weighted by Gasteiger charge is -2.20. The van der Waals surface area contributed by atoms with Gasteiger partial charge in [0.1, 0.15) is 6.33 Å². The Kier molecular flexibility index (Phi) is 5.35. The van der Waals surface area contributed by atoms with Crippen LogP contribution in [0.2, 0.25) is 0 Å². The molecule has 0 aliphatic heterocycles. The van der Waals surface area contributed by atoms with Crippen LogP contribution in [-0.2, 0) is 0 Å². The van der Waals surface area contributed by atoms with Crippen LogP contribution >= 0.6 is 0 Å². The number of aromatic nitrogens is 4. The Balaban J connectivity index is 1.30. The van der Waals surface area contributed by atoms with E-state index in [4.69, 9.17) is 0 Å². The van der Waals surface area contributed by atoms with E-state index in [2.05, 4.69) is 20.3 Å². The maximum absolute atomic E-state index is 13.3. The number of carbonyl (C=O) groups is 1. The Hall–Kier alpha value is -5.04. The highest BCUT2D eigenvalue weighted by Crippen LogP contribution is 2.25. The number of carbonyl (C=O) groups excluding carboxylic acids is 1. The van der Waals surface area contributed by atoms with Crippen LogP contribution in [0.3, 0.4) is 0 Å². The van der Waals surface area contributed by atoms with Crippen molar-refractivity contribution in [1.29, 1.82) is 0 Å². The zero-order valence-electron chi connectivity index (χ0n) is 19.1. The lowest BCUT2D eigenvalue weighted by molar-refractivity contribution is 0.0943. The molecule has 1 amide bonds. The number of nitrogens with zero attached hydrogens (tertiary/aromatic N) is 3. The number of aromatic amines is 1. The predicted octanol–water partition coefficient (Wildman–Crippen LogP) is 4.78. The minimum absolute atomic E-state index is 0.156. The van der Waals surface area contributed by atoms with Crippen molar-refractivity contribution in [1.82, 2.24) is 24.8 Å². The zero-order valence-corrected chi connectivity index (χ0v) is 19.1. The summed E-state index contributed by atoms with van der Waals surface area (Å²) in [6, 6.07) is 29.6. The van der Waals surface area contributed by atoms with E-state index in [9.17, 15) is 9.59 Å². The van der Waals surface area contributed by atoms with E-state index in [-0.39, 0.29) is 17.5 Å². The number of nitrogens with one attached hydrogen (secondary N) is 2. The maximum Gasteiger partial charge on any atom is 0.265 e. The maximum atomic E-state index is 13.3. The van der Waals surface area contributed by atoms with E-state index in [1.165, 1.54) is 10.9 Å². The minimum Gasteiger partial charge on any atom is -0.345 e. The number of H-pyrrole nitrogens is 1. The van der Waals surface area contributed by atoms with Crippen molar-refractivity contribution < 1.29 is 4.79 Å². The first-order chi connectivity index (χ1) is 17.7. The van der Waals surface area contributed by atoms with Gasteiger partial charge >= 0.3 is 0 Å². The first-order valence-corrected chi connectivity index (χ1v) is 11.5. The summed E-state index contributed by atoms with van der Waals surface area (Å²) >= 11 is 0. The fourth-order valence-electron chi connectivity index (χ4n) is 4.38. The molecule has 0 aliphatic carbocycles. The number of benzene rings is 4. The molecule has 0 aliphatic rings. The molecule has 36 heavy (non-hydrogen) atoms. The fraction of sp³-hybridized carbons (Fsp3) is 0.0345. The average molecular weight is 472 g/mol. The van der Waals surface area contributed by atoms with Crippen LogP contribution < -0.4 is 10.9 Å². The topological polar surface area (TPSA) is 92.7 Å². The minimum atomic E-state index is -0.349. The number of hydrogen-bond acceptors (Lipinski definition) is 4. The number of amides is 1. The monoisotopic (exact) mass is 471 g/mol. The molecule has 0 saturated heterocycles. The van der Waals surface area contributed by atoms with Gasteiger partial charge in [0.15, 0.2) is 0 Å². The van der Waals surface area contributed by atoms with Crippen LogP contribution in [0.1, 0.15) is 27.5 Å². The molecule has 7 heteroatoms. The van der Waals surface area contributed by atoms with Crippen LogP contribution in [0.5, 0.6) is 0 Å². The van der Waals surface area contributed by atoms with E-state index < -0.39 is 0 Å². The second kappa shape index (κ2) is 8.96. The summed E-state index contributed by atoms with van der Waals surface area (Å²) in [5.74, 6) is -0.218. The highest BCUT2D eigenvalue weighted by molar-refractivity contribution is 5.95. The van der Waals surface area contributed by atoms with Crippen LogP contribution in [0, 0.1) is 0 Å². The van der Waals surface area contributed by atoms with Crippen LogP contribution in [0.4, 0.5) is 0 Å². The Morgan fingerprint density at radius 3 is 2.42 bits per heavy atom. The first kappa shape index (κ1) is 21.5. The molecule has 0 radical (unpaired) electrons. The van der Waals surface area contributed by atoms with Crippen molar-refractivity contribution in [2.24, 2.45) is 0 Å². The number of imidazole rings is 1. The van der Waals surface area contributed by atoms with Crippen molar-refractivity contribution in [2.75, 3.05) is 0 Å². The van der Waals surface area contributed by atoms with E-state index in [1.807, 2.05) is 66.7 Å². The fourth-order valence-corrected chi connectivity index (χ4v) is 4.38. The molecule has 2 aromatic heterocycles. The standard InChI is InChI=1S/C29H21N5O2/c35-28(20-10-13-22(14-11-20)34-18-32-24-9-5-4-8-23(24)29(34)36)33-27(19-6-2-1-3-7-19)21-12-15-25-26(16-21)31-17-30-25/h1-18,27H,(H,30,31)(H,33,35). The van der Waals surface area contributed by atoms with Gasteiger partial charge in [0, 0.05) is 5.56 Å². The summed E-state index contributed by atoms with van der Waals surface area (Å²) in [5.41, 5.74) is 5.30. The summed E-state index contributed by atoms with van der Waals surface area (Å²) in [7, 11) is 0. The lowest BCUT2D eigenvalue weighted by Crippen LogP contribution is -2.29.